The third kappa shape index (κ3) is 5.56. The summed E-state index contributed by atoms with van der Waals surface area (Å²) in [7, 11) is 0. The first-order chi connectivity index (χ1) is 27.7. The van der Waals surface area contributed by atoms with Gasteiger partial charge in [0.2, 0.25) is 0 Å². The highest BCUT2D eigenvalue weighted by molar-refractivity contribution is 7.25. The van der Waals surface area contributed by atoms with Gasteiger partial charge in [-0.05, 0) is 70.8 Å². The second-order valence-electron chi connectivity index (χ2n) is 14.1. The van der Waals surface area contributed by atoms with Crippen LogP contribution < -0.4 is 0 Å². The predicted octanol–water partition coefficient (Wildman–Crippen LogP) is 13.7. The summed E-state index contributed by atoms with van der Waals surface area (Å²) in [6.45, 7) is 0. The maximum atomic E-state index is 5.13. The van der Waals surface area contributed by atoms with E-state index in [1.807, 2.05) is 18.2 Å². The van der Waals surface area contributed by atoms with Crippen LogP contribution >= 0.6 is 11.3 Å². The molecule has 0 amide bonds. The molecule has 3 heterocycles. The van der Waals surface area contributed by atoms with E-state index in [2.05, 4.69) is 180 Å². The van der Waals surface area contributed by atoms with Crippen LogP contribution in [0.4, 0.5) is 0 Å². The number of hydrogen-bond acceptors (Lipinski definition) is 4. The minimum Gasteiger partial charge on any atom is -0.309 e. The molecule has 0 spiro atoms. The molecule has 0 unspecified atom stereocenters. The lowest BCUT2D eigenvalue weighted by Crippen LogP contribution is -2.00. The molecule has 0 fully saturated rings. The summed E-state index contributed by atoms with van der Waals surface area (Å²) in [6.07, 6.45) is 0. The summed E-state index contributed by atoms with van der Waals surface area (Å²) in [6, 6.07) is 68.7. The predicted molar refractivity (Wildman–Crippen MR) is 234 cm³/mol. The molecule has 4 nitrogen and oxygen atoms in total. The van der Waals surface area contributed by atoms with E-state index >= 15 is 0 Å². The molecular weight excluding hydrogens is 701 g/mol. The van der Waals surface area contributed by atoms with Crippen LogP contribution in [0.2, 0.25) is 0 Å². The zero-order chi connectivity index (χ0) is 37.0. The topological polar surface area (TPSA) is 43.6 Å². The van der Waals surface area contributed by atoms with Crippen molar-refractivity contribution in [3.8, 4) is 62.1 Å². The Labute approximate surface area is 327 Å². The lowest BCUT2D eigenvalue weighted by atomic mass is 10.0. The van der Waals surface area contributed by atoms with Gasteiger partial charge in [0.25, 0.3) is 0 Å². The smallest absolute Gasteiger partial charge is 0.164 e. The van der Waals surface area contributed by atoms with Crippen molar-refractivity contribution in [3.63, 3.8) is 0 Å². The molecule has 0 N–H and O–H groups in total. The van der Waals surface area contributed by atoms with Crippen molar-refractivity contribution in [1.82, 2.24) is 19.5 Å². The van der Waals surface area contributed by atoms with Crippen LogP contribution in [0, 0.1) is 0 Å². The molecule has 11 aromatic rings. The van der Waals surface area contributed by atoms with E-state index in [-0.39, 0.29) is 0 Å². The second kappa shape index (κ2) is 13.3. The summed E-state index contributed by atoms with van der Waals surface area (Å²) < 4.78 is 4.87. The fourth-order valence-electron chi connectivity index (χ4n) is 7.94. The molecule has 0 atom stereocenters. The third-order valence-corrected chi connectivity index (χ3v) is 11.8. The number of fused-ring (bicyclic) bond motifs is 6. The molecule has 0 radical (unpaired) electrons. The summed E-state index contributed by atoms with van der Waals surface area (Å²) in [5.74, 6) is 1.94. The van der Waals surface area contributed by atoms with Crippen molar-refractivity contribution in [1.29, 1.82) is 0 Å². The van der Waals surface area contributed by atoms with Crippen molar-refractivity contribution < 1.29 is 0 Å². The van der Waals surface area contributed by atoms with E-state index in [1.165, 1.54) is 53.1 Å². The molecular formula is C51H32N4S. The van der Waals surface area contributed by atoms with Gasteiger partial charge in [0, 0.05) is 53.3 Å². The van der Waals surface area contributed by atoms with E-state index in [1.54, 1.807) is 11.3 Å². The Morgan fingerprint density at radius 1 is 0.304 bits per heavy atom. The summed E-state index contributed by atoms with van der Waals surface area (Å²) in [5, 5.41) is 5.00. The number of para-hydroxylation sites is 1. The van der Waals surface area contributed by atoms with E-state index in [0.29, 0.717) is 17.5 Å². The first-order valence-electron chi connectivity index (χ1n) is 18.8. The van der Waals surface area contributed by atoms with E-state index in [9.17, 15) is 0 Å². The normalized spacial score (nSPS) is 11.6. The lowest BCUT2D eigenvalue weighted by Gasteiger charge is -2.12. The molecule has 0 bridgehead atoms. The largest absolute Gasteiger partial charge is 0.309 e. The van der Waals surface area contributed by atoms with Gasteiger partial charge in [0.1, 0.15) is 0 Å². The first-order valence-corrected chi connectivity index (χ1v) is 19.6. The zero-order valence-electron chi connectivity index (χ0n) is 30.2. The van der Waals surface area contributed by atoms with Crippen LogP contribution in [-0.4, -0.2) is 19.5 Å². The summed E-state index contributed by atoms with van der Waals surface area (Å²) in [5.41, 5.74) is 10.9. The van der Waals surface area contributed by atoms with Gasteiger partial charge in [0.05, 0.1) is 11.0 Å². The Balaban J connectivity index is 1.01. The van der Waals surface area contributed by atoms with Gasteiger partial charge >= 0.3 is 0 Å². The Morgan fingerprint density at radius 3 is 1.64 bits per heavy atom. The van der Waals surface area contributed by atoms with Crippen LogP contribution in [0.3, 0.4) is 0 Å². The average molecular weight is 733 g/mol. The molecule has 0 aliphatic heterocycles. The molecule has 0 saturated carbocycles. The van der Waals surface area contributed by atoms with Crippen molar-refractivity contribution in [3.05, 3.63) is 194 Å². The Hall–Kier alpha value is -7.21. The van der Waals surface area contributed by atoms with Crippen LogP contribution in [0.5, 0.6) is 0 Å². The van der Waals surface area contributed by atoms with Crippen molar-refractivity contribution >= 4 is 53.3 Å². The molecule has 3 aromatic heterocycles. The van der Waals surface area contributed by atoms with E-state index < -0.39 is 0 Å². The van der Waals surface area contributed by atoms with Gasteiger partial charge in [-0.3, -0.25) is 0 Å². The van der Waals surface area contributed by atoms with E-state index in [0.717, 1.165) is 33.5 Å². The van der Waals surface area contributed by atoms with Crippen molar-refractivity contribution in [2.75, 3.05) is 0 Å². The van der Waals surface area contributed by atoms with Gasteiger partial charge in [-0.25, -0.2) is 15.0 Å². The van der Waals surface area contributed by atoms with Gasteiger partial charge in [0.15, 0.2) is 17.5 Å². The maximum absolute atomic E-state index is 5.13. The lowest BCUT2D eigenvalue weighted by molar-refractivity contribution is 1.07. The van der Waals surface area contributed by atoms with Gasteiger partial charge in [-0.1, -0.05) is 146 Å². The Kier molecular flexibility index (Phi) is 7.64. The second-order valence-corrected chi connectivity index (χ2v) is 15.1. The molecule has 0 aliphatic rings. The van der Waals surface area contributed by atoms with Crippen molar-refractivity contribution in [2.24, 2.45) is 0 Å². The SMILES string of the molecule is c1ccc(-c2ccc3c(c2)c2ccccc2n3-c2cccc(-c3cccc(-c4nc(-c5ccccc5)nc(-c5ccc6c(c5)sc5ccccc56)n4)c3)c2)cc1. The fraction of sp³-hybridized carbons (Fsp3) is 0. The molecule has 11 rings (SSSR count). The molecule has 8 aromatic carbocycles. The molecule has 56 heavy (non-hydrogen) atoms. The van der Waals surface area contributed by atoms with Crippen LogP contribution in [0.25, 0.3) is 104 Å². The van der Waals surface area contributed by atoms with Gasteiger partial charge < -0.3 is 4.57 Å². The number of rotatable bonds is 6. The number of nitrogens with zero attached hydrogens (tertiary/aromatic N) is 4. The minimum atomic E-state index is 0.639. The Bertz CT molecular complexity index is 3250. The van der Waals surface area contributed by atoms with E-state index in [4.69, 9.17) is 15.0 Å². The molecule has 262 valence electrons. The van der Waals surface area contributed by atoms with Crippen molar-refractivity contribution in [2.45, 2.75) is 0 Å². The highest BCUT2D eigenvalue weighted by Gasteiger charge is 2.17. The first kappa shape index (κ1) is 32.2. The number of aromatic nitrogens is 4. The minimum absolute atomic E-state index is 0.639. The third-order valence-electron chi connectivity index (χ3n) is 10.6. The number of benzene rings is 8. The van der Waals surface area contributed by atoms with Crippen LogP contribution in [-0.2, 0) is 0 Å². The van der Waals surface area contributed by atoms with Crippen LogP contribution in [0.1, 0.15) is 0 Å². The van der Waals surface area contributed by atoms with Gasteiger partial charge in [-0.2, -0.15) is 0 Å². The average Bonchev–Trinajstić information content (AvgIpc) is 3.82. The summed E-state index contributed by atoms with van der Waals surface area (Å²) >= 11 is 1.80. The zero-order valence-corrected chi connectivity index (χ0v) is 31.0. The number of hydrogen-bond donors (Lipinski definition) is 0. The number of thiophene rings is 1. The summed E-state index contributed by atoms with van der Waals surface area (Å²) in [4.78, 5) is 15.2. The molecule has 0 saturated heterocycles. The highest BCUT2D eigenvalue weighted by atomic mass is 32.1. The maximum Gasteiger partial charge on any atom is 0.164 e. The molecule has 5 heteroatoms. The monoisotopic (exact) mass is 732 g/mol. The standard InChI is InChI=1S/C51H32N4S/c1-3-13-33(14-4-1)37-26-28-46-44(31-37)41-21-7-9-23-45(41)55(46)40-20-12-18-36(30-40)35-17-11-19-38(29-35)50-52-49(34-15-5-2-6-16-34)53-51(54-50)39-25-27-43-42-22-8-10-24-47(42)56-48(43)32-39/h1-32H. The Morgan fingerprint density at radius 2 is 0.839 bits per heavy atom. The fourth-order valence-corrected chi connectivity index (χ4v) is 9.08. The quantitative estimate of drug-likeness (QED) is 0.171. The van der Waals surface area contributed by atoms with Crippen LogP contribution in [0.15, 0.2) is 194 Å². The van der Waals surface area contributed by atoms with Gasteiger partial charge in [-0.15, -0.1) is 11.3 Å². The highest BCUT2D eigenvalue weighted by Crippen LogP contribution is 2.38. The molecule has 0 aliphatic carbocycles.